The van der Waals surface area contributed by atoms with E-state index in [0.29, 0.717) is 18.4 Å². The molecule has 1 rings (SSSR count). The van der Waals surface area contributed by atoms with Crippen LogP contribution in [0, 0.1) is 0 Å². The average Bonchev–Trinajstić information content (AvgIpc) is 2.78. The van der Waals surface area contributed by atoms with Gasteiger partial charge in [0.25, 0.3) is 0 Å². The fraction of sp³-hybridized carbons (Fsp3) is 0.923. The summed E-state index contributed by atoms with van der Waals surface area (Å²) in [5, 5.41) is 3.31. The van der Waals surface area contributed by atoms with Crippen molar-refractivity contribution in [2.45, 2.75) is 39.2 Å². The molecule has 0 spiro atoms. The zero-order valence-corrected chi connectivity index (χ0v) is 11.5. The molecule has 4 nitrogen and oxygen atoms in total. The summed E-state index contributed by atoms with van der Waals surface area (Å²) in [4.78, 5) is 16.2. The Kier molecular flexibility index (Phi) is 6.52. The average molecular weight is 241 g/mol. The van der Waals surface area contributed by atoms with Gasteiger partial charge in [-0.1, -0.05) is 0 Å². The predicted molar refractivity (Wildman–Crippen MR) is 71.1 cm³/mol. The topological polar surface area (TPSA) is 35.6 Å². The van der Waals surface area contributed by atoms with Gasteiger partial charge >= 0.3 is 0 Å². The van der Waals surface area contributed by atoms with Gasteiger partial charge in [0.2, 0.25) is 5.91 Å². The lowest BCUT2D eigenvalue weighted by atomic mass is 10.2. The molecule has 1 fully saturated rings. The maximum absolute atomic E-state index is 11.8. The summed E-state index contributed by atoms with van der Waals surface area (Å²) in [6, 6.07) is 0.647. The number of carbonyl (C=O) groups is 1. The van der Waals surface area contributed by atoms with E-state index in [4.69, 9.17) is 0 Å². The third kappa shape index (κ3) is 4.64. The molecule has 0 saturated carbocycles. The smallest absolute Gasteiger partial charge is 0.222 e. The molecule has 1 amide bonds. The van der Waals surface area contributed by atoms with Gasteiger partial charge in [-0.15, -0.1) is 0 Å². The number of nitrogens with zero attached hydrogens (tertiary/aromatic N) is 2. The molecule has 1 N–H and O–H groups in total. The van der Waals surface area contributed by atoms with Gasteiger partial charge in [0, 0.05) is 32.1 Å². The van der Waals surface area contributed by atoms with E-state index in [9.17, 15) is 4.79 Å². The predicted octanol–water partition coefficient (Wildman–Crippen LogP) is 0.929. The maximum atomic E-state index is 11.8. The number of amides is 1. The van der Waals surface area contributed by atoms with Gasteiger partial charge in [-0.2, -0.15) is 0 Å². The molecule has 1 unspecified atom stereocenters. The highest BCUT2D eigenvalue weighted by molar-refractivity contribution is 5.76. The molecule has 0 aliphatic carbocycles. The summed E-state index contributed by atoms with van der Waals surface area (Å²) < 4.78 is 0. The largest absolute Gasteiger partial charge is 0.343 e. The van der Waals surface area contributed by atoms with Gasteiger partial charge in [0.15, 0.2) is 0 Å². The Bertz CT molecular complexity index is 229. The monoisotopic (exact) mass is 241 g/mol. The van der Waals surface area contributed by atoms with Gasteiger partial charge in [-0.25, -0.2) is 0 Å². The minimum atomic E-state index is 0.305. The zero-order valence-electron chi connectivity index (χ0n) is 11.5. The second-order valence-corrected chi connectivity index (χ2v) is 4.74. The lowest BCUT2D eigenvalue weighted by Crippen LogP contribution is -2.32. The number of likely N-dealkylation sites (N-methyl/N-ethyl adjacent to an activating group) is 1. The Morgan fingerprint density at radius 1 is 1.41 bits per heavy atom. The van der Waals surface area contributed by atoms with E-state index < -0.39 is 0 Å². The highest BCUT2D eigenvalue weighted by atomic mass is 16.2. The van der Waals surface area contributed by atoms with E-state index in [1.54, 1.807) is 0 Å². The van der Waals surface area contributed by atoms with E-state index in [-0.39, 0.29) is 0 Å². The van der Waals surface area contributed by atoms with Crippen molar-refractivity contribution in [1.82, 2.24) is 15.1 Å². The molecule has 0 aromatic rings. The molecule has 17 heavy (non-hydrogen) atoms. The van der Waals surface area contributed by atoms with E-state index in [1.165, 1.54) is 13.0 Å². The fourth-order valence-corrected chi connectivity index (χ4v) is 2.46. The SMILES string of the molecule is CCN(CC)C(=O)CCCN1CCC(NC)C1. The van der Waals surface area contributed by atoms with Crippen LogP contribution in [0.25, 0.3) is 0 Å². The van der Waals surface area contributed by atoms with Gasteiger partial charge in [-0.05, 0) is 46.8 Å². The van der Waals surface area contributed by atoms with E-state index in [2.05, 4.69) is 10.2 Å². The Balaban J connectivity index is 2.13. The Hall–Kier alpha value is -0.610. The summed E-state index contributed by atoms with van der Waals surface area (Å²) >= 11 is 0. The number of hydrogen-bond acceptors (Lipinski definition) is 3. The van der Waals surface area contributed by atoms with Crippen molar-refractivity contribution < 1.29 is 4.79 Å². The molecule has 0 aromatic carbocycles. The van der Waals surface area contributed by atoms with Crippen molar-refractivity contribution in [2.24, 2.45) is 0 Å². The van der Waals surface area contributed by atoms with Crippen LogP contribution in [0.2, 0.25) is 0 Å². The number of nitrogens with one attached hydrogen (secondary N) is 1. The number of carbonyl (C=O) groups excluding carboxylic acids is 1. The summed E-state index contributed by atoms with van der Waals surface area (Å²) in [5.74, 6) is 0.305. The van der Waals surface area contributed by atoms with Crippen LogP contribution >= 0.6 is 0 Å². The summed E-state index contributed by atoms with van der Waals surface area (Å²) in [5.41, 5.74) is 0. The standard InChI is InChI=1S/C13H27N3O/c1-4-16(5-2)13(17)7-6-9-15-10-8-12(11-15)14-3/h12,14H,4-11H2,1-3H3. The molecule has 0 bridgehead atoms. The van der Waals surface area contributed by atoms with Crippen molar-refractivity contribution >= 4 is 5.91 Å². The normalized spacial score (nSPS) is 20.8. The highest BCUT2D eigenvalue weighted by Gasteiger charge is 2.20. The Labute approximate surface area is 105 Å². The highest BCUT2D eigenvalue weighted by Crippen LogP contribution is 2.10. The second kappa shape index (κ2) is 7.67. The van der Waals surface area contributed by atoms with Gasteiger partial charge in [0.05, 0.1) is 0 Å². The quantitative estimate of drug-likeness (QED) is 0.720. The Morgan fingerprint density at radius 3 is 2.65 bits per heavy atom. The van der Waals surface area contributed by atoms with Crippen LogP contribution in [0.5, 0.6) is 0 Å². The van der Waals surface area contributed by atoms with Crippen LogP contribution in [0.4, 0.5) is 0 Å². The lowest BCUT2D eigenvalue weighted by Gasteiger charge is -2.20. The first-order chi connectivity index (χ1) is 8.21. The van der Waals surface area contributed by atoms with Crippen LogP contribution in [-0.2, 0) is 4.79 Å². The molecule has 100 valence electrons. The molecule has 1 saturated heterocycles. The van der Waals surface area contributed by atoms with Gasteiger partial charge in [-0.3, -0.25) is 4.79 Å². The van der Waals surface area contributed by atoms with E-state index >= 15 is 0 Å². The van der Waals surface area contributed by atoms with E-state index in [0.717, 1.165) is 32.6 Å². The molecular formula is C13H27N3O. The minimum Gasteiger partial charge on any atom is -0.343 e. The molecule has 1 aliphatic rings. The lowest BCUT2D eigenvalue weighted by molar-refractivity contribution is -0.130. The molecule has 0 aromatic heterocycles. The molecule has 4 heteroatoms. The maximum Gasteiger partial charge on any atom is 0.222 e. The zero-order chi connectivity index (χ0) is 12.7. The van der Waals surface area contributed by atoms with Crippen LogP contribution < -0.4 is 5.32 Å². The van der Waals surface area contributed by atoms with Crippen molar-refractivity contribution in [3.8, 4) is 0 Å². The van der Waals surface area contributed by atoms with Crippen LogP contribution in [0.15, 0.2) is 0 Å². The summed E-state index contributed by atoms with van der Waals surface area (Å²) in [7, 11) is 2.03. The number of rotatable bonds is 7. The Morgan fingerprint density at radius 2 is 2.12 bits per heavy atom. The first-order valence-electron chi connectivity index (χ1n) is 6.88. The molecule has 0 radical (unpaired) electrons. The molecular weight excluding hydrogens is 214 g/mol. The third-order valence-corrected chi connectivity index (χ3v) is 3.66. The van der Waals surface area contributed by atoms with Crippen molar-refractivity contribution in [3.05, 3.63) is 0 Å². The van der Waals surface area contributed by atoms with Crippen LogP contribution in [0.1, 0.15) is 33.1 Å². The van der Waals surface area contributed by atoms with Crippen LogP contribution in [-0.4, -0.2) is 61.5 Å². The first-order valence-corrected chi connectivity index (χ1v) is 6.88. The molecule has 1 aliphatic heterocycles. The number of hydrogen-bond donors (Lipinski definition) is 1. The summed E-state index contributed by atoms with van der Waals surface area (Å²) in [6.07, 6.45) is 2.93. The summed E-state index contributed by atoms with van der Waals surface area (Å²) in [6.45, 7) is 9.12. The molecule has 1 heterocycles. The van der Waals surface area contributed by atoms with E-state index in [1.807, 2.05) is 25.8 Å². The second-order valence-electron chi connectivity index (χ2n) is 4.74. The fourth-order valence-electron chi connectivity index (χ4n) is 2.46. The van der Waals surface area contributed by atoms with Crippen molar-refractivity contribution in [1.29, 1.82) is 0 Å². The first kappa shape index (κ1) is 14.5. The van der Waals surface area contributed by atoms with Crippen LogP contribution in [0.3, 0.4) is 0 Å². The third-order valence-electron chi connectivity index (χ3n) is 3.66. The van der Waals surface area contributed by atoms with Gasteiger partial charge in [0.1, 0.15) is 0 Å². The van der Waals surface area contributed by atoms with Gasteiger partial charge < -0.3 is 15.1 Å². The van der Waals surface area contributed by atoms with Crippen molar-refractivity contribution in [3.63, 3.8) is 0 Å². The molecule has 1 atom stereocenters. The minimum absolute atomic E-state index is 0.305. The number of likely N-dealkylation sites (tertiary alicyclic amines) is 1. The van der Waals surface area contributed by atoms with Crippen molar-refractivity contribution in [2.75, 3.05) is 39.8 Å².